The van der Waals surface area contributed by atoms with E-state index < -0.39 is 0 Å². The molecule has 2 rings (SSSR count). The van der Waals surface area contributed by atoms with Gasteiger partial charge in [0, 0.05) is 25.3 Å². The van der Waals surface area contributed by atoms with Gasteiger partial charge in [0.15, 0.2) is 0 Å². The van der Waals surface area contributed by atoms with E-state index in [1.54, 1.807) is 7.11 Å². The Kier molecular flexibility index (Phi) is 4.77. The van der Waals surface area contributed by atoms with Gasteiger partial charge in [0.1, 0.15) is 17.5 Å². The smallest absolute Gasteiger partial charge is 0.148 e. The summed E-state index contributed by atoms with van der Waals surface area (Å²) in [5.41, 5.74) is 3.65. The summed E-state index contributed by atoms with van der Waals surface area (Å²) in [5.74, 6) is 8.69. The highest BCUT2D eigenvalue weighted by Gasteiger charge is 2.33. The number of nitrogens with one attached hydrogen (secondary N) is 1. The molecule has 112 valence electrons. The van der Waals surface area contributed by atoms with Crippen molar-refractivity contribution in [2.24, 2.45) is 11.8 Å². The Labute approximate surface area is 120 Å². The zero-order valence-corrected chi connectivity index (χ0v) is 12.8. The Morgan fingerprint density at radius 2 is 2.10 bits per heavy atom. The first-order chi connectivity index (χ1) is 9.58. The Balaban J connectivity index is 2.33. The van der Waals surface area contributed by atoms with Crippen molar-refractivity contribution >= 4 is 11.6 Å². The van der Waals surface area contributed by atoms with Crippen LogP contribution in [-0.4, -0.2) is 36.3 Å². The number of hydrogen-bond acceptors (Lipinski definition) is 6. The van der Waals surface area contributed by atoms with Crippen LogP contribution in [0.15, 0.2) is 0 Å². The standard InChI is InChI=1S/C14H25N5O/c1-9-13(18-15)16-11(3)17-14(9)19(7-8-20-4)10(2)12-5-6-12/h10,12H,5-8,15H2,1-4H3,(H,16,17,18). The molecule has 1 atom stereocenters. The topological polar surface area (TPSA) is 76.3 Å². The van der Waals surface area contributed by atoms with Gasteiger partial charge in [-0.15, -0.1) is 0 Å². The van der Waals surface area contributed by atoms with E-state index in [2.05, 4.69) is 27.2 Å². The lowest BCUT2D eigenvalue weighted by Gasteiger charge is -2.32. The molecular formula is C14H25N5O. The molecule has 1 aliphatic carbocycles. The zero-order valence-electron chi connectivity index (χ0n) is 12.8. The van der Waals surface area contributed by atoms with E-state index in [-0.39, 0.29) is 0 Å². The summed E-state index contributed by atoms with van der Waals surface area (Å²) in [7, 11) is 1.73. The van der Waals surface area contributed by atoms with Crippen LogP contribution in [0, 0.1) is 19.8 Å². The number of nitrogen functional groups attached to an aromatic ring is 1. The molecule has 1 unspecified atom stereocenters. The van der Waals surface area contributed by atoms with E-state index in [9.17, 15) is 0 Å². The number of hydrogen-bond donors (Lipinski definition) is 2. The summed E-state index contributed by atoms with van der Waals surface area (Å²) in [4.78, 5) is 11.3. The molecule has 1 fully saturated rings. The van der Waals surface area contributed by atoms with E-state index >= 15 is 0 Å². The van der Waals surface area contributed by atoms with Gasteiger partial charge in [0.2, 0.25) is 0 Å². The third-order valence-corrected chi connectivity index (χ3v) is 3.97. The summed E-state index contributed by atoms with van der Waals surface area (Å²) >= 11 is 0. The van der Waals surface area contributed by atoms with Crippen molar-refractivity contribution in [2.45, 2.75) is 39.7 Å². The molecule has 0 aliphatic heterocycles. The molecule has 1 heterocycles. The Bertz CT molecular complexity index is 461. The first-order valence-corrected chi connectivity index (χ1v) is 7.16. The molecule has 0 bridgehead atoms. The maximum absolute atomic E-state index is 5.55. The first kappa shape index (κ1) is 15.0. The number of nitrogens with zero attached hydrogens (tertiary/aromatic N) is 3. The van der Waals surface area contributed by atoms with Crippen molar-refractivity contribution < 1.29 is 4.74 Å². The number of rotatable bonds is 7. The van der Waals surface area contributed by atoms with Gasteiger partial charge in [-0.05, 0) is 39.5 Å². The lowest BCUT2D eigenvalue weighted by Crippen LogP contribution is -2.38. The lowest BCUT2D eigenvalue weighted by atomic mass is 10.1. The second-order valence-electron chi connectivity index (χ2n) is 5.48. The third-order valence-electron chi connectivity index (χ3n) is 3.97. The molecule has 1 aromatic rings. The highest BCUT2D eigenvalue weighted by Crippen LogP contribution is 2.37. The predicted octanol–water partition coefficient (Wildman–Crippen LogP) is 1.63. The SMILES string of the molecule is COCCN(c1nc(C)nc(NN)c1C)C(C)C1CC1. The normalized spacial score (nSPS) is 16.1. The van der Waals surface area contributed by atoms with E-state index in [1.165, 1.54) is 12.8 Å². The fraction of sp³-hybridized carbons (Fsp3) is 0.714. The Morgan fingerprint density at radius 3 is 2.65 bits per heavy atom. The Hall–Kier alpha value is -1.40. The number of hydrazine groups is 1. The molecule has 0 aromatic carbocycles. The molecule has 20 heavy (non-hydrogen) atoms. The van der Waals surface area contributed by atoms with Crippen LogP contribution in [0.5, 0.6) is 0 Å². The van der Waals surface area contributed by atoms with Crippen molar-refractivity contribution in [3.63, 3.8) is 0 Å². The molecule has 0 amide bonds. The molecule has 1 saturated carbocycles. The van der Waals surface area contributed by atoms with Crippen molar-refractivity contribution in [1.82, 2.24) is 9.97 Å². The van der Waals surface area contributed by atoms with E-state index in [4.69, 9.17) is 10.6 Å². The molecule has 1 aromatic heterocycles. The van der Waals surface area contributed by atoms with Crippen LogP contribution in [0.4, 0.5) is 11.6 Å². The van der Waals surface area contributed by atoms with Crippen LogP contribution >= 0.6 is 0 Å². The van der Waals surface area contributed by atoms with Gasteiger partial charge < -0.3 is 15.1 Å². The summed E-state index contributed by atoms with van der Waals surface area (Å²) in [6.45, 7) is 7.67. The minimum absolute atomic E-state index is 0.462. The quantitative estimate of drug-likeness (QED) is 0.583. The van der Waals surface area contributed by atoms with Crippen molar-refractivity contribution in [3.8, 4) is 0 Å². The Morgan fingerprint density at radius 1 is 1.40 bits per heavy atom. The van der Waals surface area contributed by atoms with Crippen LogP contribution in [0.3, 0.4) is 0 Å². The molecule has 3 N–H and O–H groups in total. The average Bonchev–Trinajstić information content (AvgIpc) is 3.26. The van der Waals surface area contributed by atoms with E-state index in [1.807, 2.05) is 13.8 Å². The number of aromatic nitrogens is 2. The zero-order chi connectivity index (χ0) is 14.7. The number of methoxy groups -OCH3 is 1. The predicted molar refractivity (Wildman–Crippen MR) is 80.7 cm³/mol. The average molecular weight is 279 g/mol. The monoisotopic (exact) mass is 279 g/mol. The molecule has 0 saturated heterocycles. The fourth-order valence-corrected chi connectivity index (χ4v) is 2.56. The van der Waals surface area contributed by atoms with Crippen molar-refractivity contribution in [2.75, 3.05) is 30.6 Å². The minimum Gasteiger partial charge on any atom is -0.383 e. The molecular weight excluding hydrogens is 254 g/mol. The van der Waals surface area contributed by atoms with Crippen LogP contribution in [0.1, 0.15) is 31.2 Å². The van der Waals surface area contributed by atoms with Gasteiger partial charge >= 0.3 is 0 Å². The second-order valence-corrected chi connectivity index (χ2v) is 5.48. The minimum atomic E-state index is 0.462. The summed E-state index contributed by atoms with van der Waals surface area (Å²) in [6.07, 6.45) is 2.60. The van der Waals surface area contributed by atoms with Crippen molar-refractivity contribution in [1.29, 1.82) is 0 Å². The maximum Gasteiger partial charge on any atom is 0.148 e. The molecule has 0 radical (unpaired) electrons. The van der Waals surface area contributed by atoms with Crippen LogP contribution in [0.25, 0.3) is 0 Å². The molecule has 6 nitrogen and oxygen atoms in total. The van der Waals surface area contributed by atoms with Gasteiger partial charge in [-0.25, -0.2) is 15.8 Å². The maximum atomic E-state index is 5.55. The molecule has 0 spiro atoms. The van der Waals surface area contributed by atoms with E-state index in [0.717, 1.165) is 29.7 Å². The van der Waals surface area contributed by atoms with Gasteiger partial charge in [0.05, 0.1) is 6.61 Å². The van der Waals surface area contributed by atoms with Crippen molar-refractivity contribution in [3.05, 3.63) is 11.4 Å². The highest BCUT2D eigenvalue weighted by atomic mass is 16.5. The molecule has 6 heteroatoms. The van der Waals surface area contributed by atoms with Crippen LogP contribution in [0.2, 0.25) is 0 Å². The summed E-state index contributed by atoms with van der Waals surface area (Å²) in [5, 5.41) is 0. The van der Waals surface area contributed by atoms with Gasteiger partial charge in [-0.2, -0.15) is 0 Å². The lowest BCUT2D eigenvalue weighted by molar-refractivity contribution is 0.202. The largest absolute Gasteiger partial charge is 0.383 e. The van der Waals surface area contributed by atoms with E-state index in [0.29, 0.717) is 18.5 Å². The van der Waals surface area contributed by atoms with Gasteiger partial charge in [-0.3, -0.25) is 0 Å². The summed E-state index contributed by atoms with van der Waals surface area (Å²) in [6, 6.07) is 0.462. The summed E-state index contributed by atoms with van der Waals surface area (Å²) < 4.78 is 5.25. The van der Waals surface area contributed by atoms with Crippen LogP contribution < -0.4 is 16.2 Å². The molecule has 1 aliphatic rings. The first-order valence-electron chi connectivity index (χ1n) is 7.16. The number of aryl methyl sites for hydroxylation is 1. The fourth-order valence-electron chi connectivity index (χ4n) is 2.56. The number of nitrogens with two attached hydrogens (primary N) is 1. The highest BCUT2D eigenvalue weighted by molar-refractivity contribution is 5.58. The second kappa shape index (κ2) is 6.37. The van der Waals surface area contributed by atoms with Gasteiger partial charge in [0.25, 0.3) is 0 Å². The number of anilines is 2. The number of ether oxygens (including phenoxy) is 1. The third kappa shape index (κ3) is 3.19. The van der Waals surface area contributed by atoms with Gasteiger partial charge in [-0.1, -0.05) is 0 Å². The van der Waals surface area contributed by atoms with Crippen LogP contribution in [-0.2, 0) is 4.74 Å².